The number of aromatic nitrogens is 1. The molecule has 42 heavy (non-hydrogen) atoms. The van der Waals surface area contributed by atoms with Gasteiger partial charge in [-0.15, -0.1) is 0 Å². The number of nitrogens with zero attached hydrogens (tertiary/aromatic N) is 3. The van der Waals surface area contributed by atoms with Crippen LogP contribution in [0.2, 0.25) is 0 Å². The lowest BCUT2D eigenvalue weighted by Gasteiger charge is -2.16. The number of furan rings is 1. The molecule has 0 aliphatic heterocycles. The Labute approximate surface area is 241 Å². The van der Waals surface area contributed by atoms with Crippen molar-refractivity contribution in [3.8, 4) is 40.1 Å². The molecule has 0 amide bonds. The van der Waals surface area contributed by atoms with E-state index in [0.29, 0.717) is 11.1 Å². The summed E-state index contributed by atoms with van der Waals surface area (Å²) in [7, 11) is 0. The summed E-state index contributed by atoms with van der Waals surface area (Å²) in [4.78, 5) is 0. The topological polar surface area (TPSA) is 65.7 Å². The van der Waals surface area contributed by atoms with Gasteiger partial charge in [-0.1, -0.05) is 84.9 Å². The first-order valence-electron chi connectivity index (χ1n) is 13.7. The molecule has 4 nitrogen and oxygen atoms in total. The molecule has 2 aromatic heterocycles. The van der Waals surface area contributed by atoms with E-state index < -0.39 is 0 Å². The number of fused-ring (bicyclic) bond motifs is 6. The fraction of sp³-hybridized carbons (Fsp3) is 0. The van der Waals surface area contributed by atoms with E-state index in [1.54, 1.807) is 0 Å². The van der Waals surface area contributed by atoms with Gasteiger partial charge in [-0.2, -0.15) is 10.5 Å². The minimum Gasteiger partial charge on any atom is -0.456 e. The third kappa shape index (κ3) is 3.47. The van der Waals surface area contributed by atoms with Gasteiger partial charge in [-0.05, 0) is 59.2 Å². The van der Waals surface area contributed by atoms with Crippen LogP contribution in [0.4, 0.5) is 0 Å². The van der Waals surface area contributed by atoms with Crippen LogP contribution in [0.5, 0.6) is 0 Å². The summed E-state index contributed by atoms with van der Waals surface area (Å²) >= 11 is 0. The molecule has 2 heterocycles. The van der Waals surface area contributed by atoms with Crippen LogP contribution < -0.4 is 0 Å². The van der Waals surface area contributed by atoms with Crippen molar-refractivity contribution >= 4 is 43.7 Å². The second kappa shape index (κ2) is 9.24. The molecule has 8 rings (SSSR count). The Bertz CT molecular complexity index is 2430. The second-order valence-corrected chi connectivity index (χ2v) is 10.4. The zero-order valence-corrected chi connectivity index (χ0v) is 22.4. The molecule has 0 atom stereocenters. The Hall–Kier alpha value is -6.10. The lowest BCUT2D eigenvalue weighted by molar-refractivity contribution is 0.669. The van der Waals surface area contributed by atoms with E-state index in [2.05, 4.69) is 71.3 Å². The highest BCUT2D eigenvalue weighted by Crippen LogP contribution is 2.40. The number of hydrogen-bond donors (Lipinski definition) is 0. The summed E-state index contributed by atoms with van der Waals surface area (Å²) in [6, 6.07) is 47.3. The van der Waals surface area contributed by atoms with Crippen molar-refractivity contribution in [3.05, 3.63) is 139 Å². The molecule has 0 aliphatic rings. The lowest BCUT2D eigenvalue weighted by atomic mass is 9.95. The molecule has 0 aliphatic carbocycles. The average Bonchev–Trinajstić information content (AvgIpc) is 3.60. The van der Waals surface area contributed by atoms with Gasteiger partial charge >= 0.3 is 0 Å². The smallest absolute Gasteiger partial charge is 0.136 e. The fourth-order valence-electron chi connectivity index (χ4n) is 6.24. The van der Waals surface area contributed by atoms with Crippen molar-refractivity contribution in [1.82, 2.24) is 4.57 Å². The van der Waals surface area contributed by atoms with E-state index in [1.807, 2.05) is 72.8 Å². The first-order chi connectivity index (χ1) is 20.7. The standard InChI is InChI=1S/C38H21N3O/c39-22-24-15-20-34-32(21-24)30-8-1-3-12-33(30)41(34)38-27(23-40)7-5-11-29(38)26-18-16-25(17-19-26)28-10-6-14-36-37(28)31-9-2-4-13-35(31)42-36/h1-21H. The van der Waals surface area contributed by atoms with E-state index in [-0.39, 0.29) is 0 Å². The maximum atomic E-state index is 10.3. The second-order valence-electron chi connectivity index (χ2n) is 10.4. The van der Waals surface area contributed by atoms with Gasteiger partial charge in [0.25, 0.3) is 0 Å². The predicted octanol–water partition coefficient (Wildman–Crippen LogP) is 9.76. The van der Waals surface area contributed by atoms with Crippen LogP contribution in [0.15, 0.2) is 132 Å². The summed E-state index contributed by atoms with van der Waals surface area (Å²) in [6.45, 7) is 0. The summed E-state index contributed by atoms with van der Waals surface area (Å²) in [5.74, 6) is 0. The number of nitriles is 2. The van der Waals surface area contributed by atoms with Gasteiger partial charge in [0.1, 0.15) is 17.2 Å². The number of benzene rings is 6. The molecule has 0 radical (unpaired) electrons. The summed E-state index contributed by atoms with van der Waals surface area (Å²) in [6.07, 6.45) is 0. The molecule has 0 spiro atoms. The van der Waals surface area contributed by atoms with Crippen LogP contribution in [-0.4, -0.2) is 4.57 Å². The Morgan fingerprint density at radius 3 is 2.00 bits per heavy atom. The largest absolute Gasteiger partial charge is 0.456 e. The molecular formula is C38H21N3O. The zero-order chi connectivity index (χ0) is 28.2. The van der Waals surface area contributed by atoms with Crippen LogP contribution >= 0.6 is 0 Å². The molecule has 0 saturated carbocycles. The highest BCUT2D eigenvalue weighted by atomic mass is 16.3. The van der Waals surface area contributed by atoms with Crippen LogP contribution in [0, 0.1) is 22.7 Å². The molecule has 0 fully saturated rings. The summed E-state index contributed by atoms with van der Waals surface area (Å²) < 4.78 is 8.28. The van der Waals surface area contributed by atoms with Crippen molar-refractivity contribution in [2.45, 2.75) is 0 Å². The molecule has 0 unspecified atom stereocenters. The van der Waals surface area contributed by atoms with Crippen LogP contribution in [0.25, 0.3) is 71.7 Å². The quantitative estimate of drug-likeness (QED) is 0.226. The summed E-state index contributed by atoms with van der Waals surface area (Å²) in [5.41, 5.74) is 9.88. The molecule has 0 saturated heterocycles. The molecule has 0 bridgehead atoms. The lowest BCUT2D eigenvalue weighted by Crippen LogP contribution is -2.01. The predicted molar refractivity (Wildman–Crippen MR) is 168 cm³/mol. The Kier molecular flexibility index (Phi) is 5.22. The Balaban J connectivity index is 1.34. The van der Waals surface area contributed by atoms with Crippen molar-refractivity contribution in [1.29, 1.82) is 10.5 Å². The molecule has 6 aromatic carbocycles. The van der Waals surface area contributed by atoms with E-state index in [1.165, 1.54) is 0 Å². The first-order valence-corrected chi connectivity index (χ1v) is 13.7. The van der Waals surface area contributed by atoms with E-state index >= 15 is 0 Å². The van der Waals surface area contributed by atoms with E-state index in [9.17, 15) is 10.5 Å². The van der Waals surface area contributed by atoms with Crippen molar-refractivity contribution in [2.24, 2.45) is 0 Å². The molecule has 194 valence electrons. The van der Waals surface area contributed by atoms with E-state index in [0.717, 1.165) is 71.7 Å². The number of hydrogen-bond acceptors (Lipinski definition) is 3. The minimum atomic E-state index is 0.582. The fourth-order valence-corrected chi connectivity index (χ4v) is 6.24. The molecule has 8 aromatic rings. The monoisotopic (exact) mass is 535 g/mol. The number of rotatable bonds is 3. The van der Waals surface area contributed by atoms with Gasteiger partial charge in [0.05, 0.1) is 33.9 Å². The Morgan fingerprint density at radius 1 is 0.524 bits per heavy atom. The van der Waals surface area contributed by atoms with Gasteiger partial charge in [-0.3, -0.25) is 0 Å². The maximum Gasteiger partial charge on any atom is 0.136 e. The Morgan fingerprint density at radius 2 is 1.19 bits per heavy atom. The number of para-hydroxylation sites is 3. The van der Waals surface area contributed by atoms with Gasteiger partial charge < -0.3 is 8.98 Å². The maximum absolute atomic E-state index is 10.3. The van der Waals surface area contributed by atoms with Gasteiger partial charge in [0, 0.05) is 27.1 Å². The SMILES string of the molecule is N#Cc1ccc2c(c1)c1ccccc1n2-c1c(C#N)cccc1-c1ccc(-c2cccc3oc4ccccc4c23)cc1. The highest BCUT2D eigenvalue weighted by Gasteiger charge is 2.19. The van der Waals surface area contributed by atoms with Gasteiger partial charge in [-0.25, -0.2) is 0 Å². The van der Waals surface area contributed by atoms with E-state index in [4.69, 9.17) is 4.42 Å². The third-order valence-electron chi connectivity index (χ3n) is 8.09. The van der Waals surface area contributed by atoms with Gasteiger partial charge in [0.15, 0.2) is 0 Å². The van der Waals surface area contributed by atoms with Crippen LogP contribution in [0.3, 0.4) is 0 Å². The minimum absolute atomic E-state index is 0.582. The molecular weight excluding hydrogens is 514 g/mol. The summed E-state index contributed by atoms with van der Waals surface area (Å²) in [5, 5.41) is 24.1. The molecule has 4 heteroatoms. The first kappa shape index (κ1) is 23.8. The van der Waals surface area contributed by atoms with Gasteiger partial charge in [0.2, 0.25) is 0 Å². The van der Waals surface area contributed by atoms with Crippen molar-refractivity contribution in [3.63, 3.8) is 0 Å². The van der Waals surface area contributed by atoms with Crippen LogP contribution in [0.1, 0.15) is 11.1 Å². The van der Waals surface area contributed by atoms with Crippen molar-refractivity contribution in [2.75, 3.05) is 0 Å². The highest BCUT2D eigenvalue weighted by molar-refractivity contribution is 6.13. The zero-order valence-electron chi connectivity index (χ0n) is 22.4. The normalized spacial score (nSPS) is 11.3. The average molecular weight is 536 g/mol. The van der Waals surface area contributed by atoms with Crippen LogP contribution in [-0.2, 0) is 0 Å². The van der Waals surface area contributed by atoms with Crippen molar-refractivity contribution < 1.29 is 4.42 Å². The third-order valence-corrected chi connectivity index (χ3v) is 8.09. The molecule has 0 N–H and O–H groups in total.